The van der Waals surface area contributed by atoms with E-state index in [1.54, 1.807) is 5.48 Å². The molecule has 0 heterocycles. The van der Waals surface area contributed by atoms with Crippen molar-refractivity contribution in [1.82, 2.24) is 5.48 Å². The molecule has 0 radical (unpaired) electrons. The van der Waals surface area contributed by atoms with E-state index in [9.17, 15) is 4.79 Å². The summed E-state index contributed by atoms with van der Waals surface area (Å²) in [4.78, 5) is 13.2. The number of rotatable bonds is 4. The summed E-state index contributed by atoms with van der Waals surface area (Å²) in [7, 11) is 0. The molecule has 0 atom stereocenters. The van der Waals surface area contributed by atoms with Gasteiger partial charge in [-0.25, -0.2) is 5.48 Å². The molecule has 2 aromatic rings. The van der Waals surface area contributed by atoms with Gasteiger partial charge in [-0.2, -0.15) is 0 Å². The molecule has 0 fully saturated rings. The Balaban J connectivity index is 2.32. The molecule has 92 valence electrons. The molecule has 4 heteroatoms. The van der Waals surface area contributed by atoms with Gasteiger partial charge in [0.2, 0.25) is 0 Å². The van der Waals surface area contributed by atoms with Crippen LogP contribution < -0.4 is 10.4 Å². The molecule has 0 unspecified atom stereocenters. The number of carbonyl (C=O) groups is 1. The van der Waals surface area contributed by atoms with Crippen LogP contribution in [0.25, 0.3) is 0 Å². The number of hydrogen-bond acceptors (Lipinski definition) is 3. The summed E-state index contributed by atoms with van der Waals surface area (Å²) >= 11 is 0. The van der Waals surface area contributed by atoms with E-state index < -0.39 is 5.91 Å². The van der Waals surface area contributed by atoms with Crippen LogP contribution in [-0.4, -0.2) is 17.7 Å². The summed E-state index contributed by atoms with van der Waals surface area (Å²) in [6.07, 6.45) is 0. The number of benzene rings is 2. The van der Waals surface area contributed by atoms with Crippen LogP contribution >= 0.6 is 0 Å². The number of nitrogens with one attached hydrogen (secondary N) is 1. The molecular weight excluding hydrogens is 228 g/mol. The van der Waals surface area contributed by atoms with Gasteiger partial charge < -0.3 is 4.90 Å². The SMILES string of the molecule is O=C(CN(c1ccccc1)c1ccccc1)NO. The Kier molecular flexibility index (Phi) is 3.94. The van der Waals surface area contributed by atoms with Crippen LogP contribution in [0.3, 0.4) is 0 Å². The molecule has 0 aliphatic heterocycles. The lowest BCUT2D eigenvalue weighted by molar-refractivity contribution is -0.127. The van der Waals surface area contributed by atoms with Crippen LogP contribution in [0.5, 0.6) is 0 Å². The Bertz CT molecular complexity index is 460. The molecule has 0 bridgehead atoms. The molecule has 0 aromatic heterocycles. The average Bonchev–Trinajstić information content (AvgIpc) is 2.46. The lowest BCUT2D eigenvalue weighted by Crippen LogP contribution is -2.32. The molecule has 2 N–H and O–H groups in total. The average molecular weight is 242 g/mol. The third-order valence-corrected chi connectivity index (χ3v) is 2.56. The van der Waals surface area contributed by atoms with E-state index in [0.717, 1.165) is 11.4 Å². The van der Waals surface area contributed by atoms with Crippen LogP contribution in [-0.2, 0) is 4.79 Å². The third kappa shape index (κ3) is 2.87. The van der Waals surface area contributed by atoms with Crippen LogP contribution in [0, 0.1) is 0 Å². The molecule has 0 spiro atoms. The van der Waals surface area contributed by atoms with Gasteiger partial charge in [-0.3, -0.25) is 10.0 Å². The van der Waals surface area contributed by atoms with Crippen molar-refractivity contribution in [1.29, 1.82) is 0 Å². The van der Waals surface area contributed by atoms with E-state index in [-0.39, 0.29) is 6.54 Å². The molecular formula is C14H14N2O2. The van der Waals surface area contributed by atoms with Gasteiger partial charge in [0, 0.05) is 11.4 Å². The second kappa shape index (κ2) is 5.84. The highest BCUT2D eigenvalue weighted by Gasteiger charge is 2.12. The Morgan fingerprint density at radius 2 is 1.39 bits per heavy atom. The quantitative estimate of drug-likeness (QED) is 0.639. The fourth-order valence-electron chi connectivity index (χ4n) is 1.73. The van der Waals surface area contributed by atoms with Gasteiger partial charge >= 0.3 is 0 Å². The first-order valence-electron chi connectivity index (χ1n) is 5.62. The van der Waals surface area contributed by atoms with E-state index in [1.807, 2.05) is 65.6 Å². The summed E-state index contributed by atoms with van der Waals surface area (Å²) in [5.41, 5.74) is 3.45. The molecule has 4 nitrogen and oxygen atoms in total. The van der Waals surface area contributed by atoms with Crippen molar-refractivity contribution in [2.24, 2.45) is 0 Å². The summed E-state index contributed by atoms with van der Waals surface area (Å²) in [5, 5.41) is 8.65. The van der Waals surface area contributed by atoms with Crippen molar-refractivity contribution < 1.29 is 10.0 Å². The molecule has 0 aliphatic rings. The zero-order valence-corrected chi connectivity index (χ0v) is 9.78. The Morgan fingerprint density at radius 1 is 0.944 bits per heavy atom. The highest BCUT2D eigenvalue weighted by Crippen LogP contribution is 2.24. The second-order valence-electron chi connectivity index (χ2n) is 3.79. The fraction of sp³-hybridized carbons (Fsp3) is 0.0714. The minimum atomic E-state index is -0.456. The molecule has 0 aliphatic carbocycles. The molecule has 18 heavy (non-hydrogen) atoms. The van der Waals surface area contributed by atoms with Crippen molar-refractivity contribution in [3.05, 3.63) is 60.7 Å². The van der Waals surface area contributed by atoms with Crippen LogP contribution in [0.2, 0.25) is 0 Å². The van der Waals surface area contributed by atoms with Gasteiger partial charge in [0.1, 0.15) is 6.54 Å². The molecule has 1 amide bonds. The third-order valence-electron chi connectivity index (χ3n) is 2.56. The largest absolute Gasteiger partial charge is 0.332 e. The van der Waals surface area contributed by atoms with Gasteiger partial charge in [0.15, 0.2) is 0 Å². The van der Waals surface area contributed by atoms with E-state index in [1.165, 1.54) is 0 Å². The number of hydrogen-bond donors (Lipinski definition) is 2. The zero-order chi connectivity index (χ0) is 12.8. The van der Waals surface area contributed by atoms with Crippen molar-refractivity contribution in [3.8, 4) is 0 Å². The molecule has 0 saturated carbocycles. The number of hydroxylamine groups is 1. The summed E-state index contributed by atoms with van der Waals surface area (Å²) in [5.74, 6) is -0.456. The Labute approximate surface area is 105 Å². The van der Waals surface area contributed by atoms with Crippen molar-refractivity contribution in [3.63, 3.8) is 0 Å². The topological polar surface area (TPSA) is 52.6 Å². The normalized spacial score (nSPS) is 9.83. The monoisotopic (exact) mass is 242 g/mol. The maximum Gasteiger partial charge on any atom is 0.263 e. The Hall–Kier alpha value is -2.33. The smallest absolute Gasteiger partial charge is 0.263 e. The van der Waals surface area contributed by atoms with Crippen LogP contribution in [0.4, 0.5) is 11.4 Å². The number of para-hydroxylation sites is 2. The van der Waals surface area contributed by atoms with Gasteiger partial charge in [-0.05, 0) is 24.3 Å². The van der Waals surface area contributed by atoms with E-state index >= 15 is 0 Å². The maximum absolute atomic E-state index is 11.4. The van der Waals surface area contributed by atoms with Crippen LogP contribution in [0.1, 0.15) is 0 Å². The highest BCUT2D eigenvalue weighted by atomic mass is 16.5. The highest BCUT2D eigenvalue weighted by molar-refractivity contribution is 5.83. The first-order valence-corrected chi connectivity index (χ1v) is 5.62. The lowest BCUT2D eigenvalue weighted by atomic mass is 10.2. The first kappa shape index (κ1) is 12.1. The zero-order valence-electron chi connectivity index (χ0n) is 9.78. The van der Waals surface area contributed by atoms with Gasteiger partial charge in [-0.1, -0.05) is 36.4 Å². The Morgan fingerprint density at radius 3 is 1.78 bits per heavy atom. The second-order valence-corrected chi connectivity index (χ2v) is 3.79. The minimum absolute atomic E-state index is 0.0600. The summed E-state index contributed by atoms with van der Waals surface area (Å²) in [6, 6.07) is 19.1. The van der Waals surface area contributed by atoms with Crippen molar-refractivity contribution in [2.45, 2.75) is 0 Å². The molecule has 2 rings (SSSR count). The van der Waals surface area contributed by atoms with Crippen molar-refractivity contribution in [2.75, 3.05) is 11.4 Å². The number of nitrogens with zero attached hydrogens (tertiary/aromatic N) is 1. The number of carbonyl (C=O) groups excluding carboxylic acids is 1. The van der Waals surface area contributed by atoms with Gasteiger partial charge in [-0.15, -0.1) is 0 Å². The van der Waals surface area contributed by atoms with Gasteiger partial charge in [0.05, 0.1) is 0 Å². The summed E-state index contributed by atoms with van der Waals surface area (Å²) < 4.78 is 0. The first-order chi connectivity index (χ1) is 8.81. The molecule has 0 saturated heterocycles. The standard InChI is InChI=1S/C14H14N2O2/c17-14(15-18)11-16(12-7-3-1-4-8-12)13-9-5-2-6-10-13/h1-10,18H,11H2,(H,15,17). The van der Waals surface area contributed by atoms with E-state index in [2.05, 4.69) is 0 Å². The predicted octanol–water partition coefficient (Wildman–Crippen LogP) is 2.33. The van der Waals surface area contributed by atoms with E-state index in [0.29, 0.717) is 0 Å². The maximum atomic E-state index is 11.4. The fourth-order valence-corrected chi connectivity index (χ4v) is 1.73. The lowest BCUT2D eigenvalue weighted by Gasteiger charge is -2.23. The summed E-state index contributed by atoms with van der Waals surface area (Å²) in [6.45, 7) is 0.0600. The predicted molar refractivity (Wildman–Crippen MR) is 69.8 cm³/mol. The molecule has 2 aromatic carbocycles. The number of amides is 1. The van der Waals surface area contributed by atoms with Gasteiger partial charge in [0.25, 0.3) is 5.91 Å². The van der Waals surface area contributed by atoms with E-state index in [4.69, 9.17) is 5.21 Å². The minimum Gasteiger partial charge on any atom is -0.332 e. The van der Waals surface area contributed by atoms with Crippen molar-refractivity contribution >= 4 is 17.3 Å². The number of anilines is 2. The van der Waals surface area contributed by atoms with Crippen LogP contribution in [0.15, 0.2) is 60.7 Å².